The van der Waals surface area contributed by atoms with Crippen molar-refractivity contribution in [2.45, 2.75) is 13.0 Å². The molecular weight excluding hydrogens is 406 g/mol. The fourth-order valence-corrected chi connectivity index (χ4v) is 2.78. The van der Waals surface area contributed by atoms with Crippen LogP contribution in [0.3, 0.4) is 0 Å². The minimum absolute atomic E-state index is 0. The fourth-order valence-electron chi connectivity index (χ4n) is 2.78. The number of nitrogens with one attached hydrogen (secondary N) is 1. The molecule has 0 fully saturated rings. The maximum atomic E-state index is 12.5. The topological polar surface area (TPSA) is 56.1 Å². The van der Waals surface area contributed by atoms with Crippen LogP contribution in [0.1, 0.15) is 17.5 Å². The molecule has 1 heterocycles. The number of ether oxygens (including phenoxy) is 1. The first-order valence-corrected chi connectivity index (χ1v) is 8.68. The zero-order valence-electron chi connectivity index (χ0n) is 15.5. The fraction of sp³-hybridized carbons (Fsp3) is 0.238. The smallest absolute Gasteiger partial charge is 0.274 e. The number of methoxy groups -OCH3 is 1. The molecule has 3 rings (SSSR count). The summed E-state index contributed by atoms with van der Waals surface area (Å²) in [6, 6.07) is 13.7. The molecule has 0 unspecified atom stereocenters. The van der Waals surface area contributed by atoms with Gasteiger partial charge in [-0.2, -0.15) is 5.10 Å². The quantitative estimate of drug-likeness (QED) is 0.458. The highest BCUT2D eigenvalue weighted by atomic mass is 79.9. The number of halogens is 1. The molecule has 0 radical (unpaired) electrons. The molecule has 0 saturated heterocycles. The average Bonchev–Trinajstić information content (AvgIpc) is 2.68. The van der Waals surface area contributed by atoms with Gasteiger partial charge in [0, 0.05) is 11.9 Å². The summed E-state index contributed by atoms with van der Waals surface area (Å²) in [7, 11) is 3.56. The van der Waals surface area contributed by atoms with Crippen molar-refractivity contribution < 1.29 is 4.74 Å². The van der Waals surface area contributed by atoms with Crippen molar-refractivity contribution in [2.75, 3.05) is 20.7 Å². The normalized spacial score (nSPS) is 10.9. The molecule has 6 heteroatoms. The van der Waals surface area contributed by atoms with Crippen LogP contribution in [0.15, 0.2) is 53.5 Å². The number of fused-ring (bicyclic) bond motifs is 1. The van der Waals surface area contributed by atoms with E-state index < -0.39 is 0 Å². The summed E-state index contributed by atoms with van der Waals surface area (Å²) in [5.41, 5.74) is 2.08. The number of hydrogen-bond donors (Lipinski definition) is 1. The molecule has 0 aliphatic heterocycles. The Hall–Kier alpha value is -2.44. The Balaban J connectivity index is 0.00000261. The van der Waals surface area contributed by atoms with E-state index in [0.717, 1.165) is 35.2 Å². The van der Waals surface area contributed by atoms with Crippen LogP contribution in [-0.4, -0.2) is 30.5 Å². The summed E-state index contributed by atoms with van der Waals surface area (Å²) in [5, 5.41) is 8.93. The number of benzene rings is 2. The van der Waals surface area contributed by atoms with Gasteiger partial charge in [-0.3, -0.25) is 4.79 Å². The van der Waals surface area contributed by atoms with Crippen LogP contribution < -0.4 is 15.6 Å². The van der Waals surface area contributed by atoms with Crippen molar-refractivity contribution in [2.24, 2.45) is 0 Å². The van der Waals surface area contributed by atoms with Crippen LogP contribution in [0.2, 0.25) is 0 Å². The minimum Gasteiger partial charge on any atom is -0.497 e. The molecule has 1 aromatic heterocycles. The Bertz CT molecular complexity index is 965. The van der Waals surface area contributed by atoms with Crippen molar-refractivity contribution in [3.05, 3.63) is 70.1 Å². The highest BCUT2D eigenvalue weighted by Crippen LogP contribution is 2.16. The zero-order valence-corrected chi connectivity index (χ0v) is 17.2. The number of nitrogens with zero attached hydrogens (tertiary/aromatic N) is 2. The van der Waals surface area contributed by atoms with Crippen LogP contribution >= 0.6 is 17.0 Å². The second-order valence-corrected chi connectivity index (χ2v) is 6.08. The van der Waals surface area contributed by atoms with Crippen molar-refractivity contribution in [1.82, 2.24) is 15.1 Å². The van der Waals surface area contributed by atoms with E-state index in [1.54, 1.807) is 13.3 Å². The van der Waals surface area contributed by atoms with Crippen LogP contribution in [0.4, 0.5) is 0 Å². The molecule has 0 aliphatic carbocycles. The Morgan fingerprint density at radius 3 is 2.52 bits per heavy atom. The molecule has 27 heavy (non-hydrogen) atoms. The Kier molecular flexibility index (Phi) is 7.76. The van der Waals surface area contributed by atoms with Gasteiger partial charge in [-0.15, -0.1) is 17.0 Å². The largest absolute Gasteiger partial charge is 0.497 e. The highest BCUT2D eigenvalue weighted by Gasteiger charge is 2.04. The summed E-state index contributed by atoms with van der Waals surface area (Å²) in [4.78, 5) is 12.5. The molecule has 5 nitrogen and oxygen atoms in total. The third-order valence-corrected chi connectivity index (χ3v) is 4.26. The standard InChI is InChI=1S/C21H23N3O2.BrH/c1-22-12-3-13-24-21(25)20-11-8-17(14-18(20)15-23-24)5-4-16-6-9-19(26-2)10-7-16;/h4-11,14-15,22H,3,12-13H2,1-2H3;1H. The SMILES string of the molecule is Br.CNCCCn1ncc2cc(C=Cc3ccc(OC)cc3)ccc2c1=O. The molecular formula is C21H24BrN3O2. The Morgan fingerprint density at radius 2 is 1.81 bits per heavy atom. The van der Waals surface area contributed by atoms with Crippen LogP contribution in [0.25, 0.3) is 22.9 Å². The van der Waals surface area contributed by atoms with Gasteiger partial charge in [-0.05, 0) is 55.4 Å². The summed E-state index contributed by atoms with van der Waals surface area (Å²) in [6.45, 7) is 1.48. The Labute approximate surface area is 169 Å². The lowest BCUT2D eigenvalue weighted by atomic mass is 10.1. The van der Waals surface area contributed by atoms with Gasteiger partial charge in [0.2, 0.25) is 0 Å². The molecule has 3 aromatic rings. The lowest BCUT2D eigenvalue weighted by Gasteiger charge is -2.06. The molecule has 0 amide bonds. The summed E-state index contributed by atoms with van der Waals surface area (Å²) in [5.74, 6) is 0.838. The van der Waals surface area contributed by atoms with Crippen molar-refractivity contribution in [1.29, 1.82) is 0 Å². The van der Waals surface area contributed by atoms with Crippen LogP contribution in [-0.2, 0) is 6.54 Å². The summed E-state index contributed by atoms with van der Waals surface area (Å²) in [6.07, 6.45) is 6.70. The predicted octanol–water partition coefficient (Wildman–Crippen LogP) is 3.76. The van der Waals surface area contributed by atoms with Gasteiger partial charge in [0.1, 0.15) is 5.75 Å². The zero-order chi connectivity index (χ0) is 18.4. The molecule has 142 valence electrons. The average molecular weight is 430 g/mol. The maximum absolute atomic E-state index is 12.5. The molecule has 0 aliphatic rings. The lowest BCUT2D eigenvalue weighted by molar-refractivity contribution is 0.415. The van der Waals surface area contributed by atoms with E-state index in [-0.39, 0.29) is 22.5 Å². The number of rotatable bonds is 7. The van der Waals surface area contributed by atoms with Gasteiger partial charge >= 0.3 is 0 Å². The lowest BCUT2D eigenvalue weighted by Crippen LogP contribution is -2.24. The highest BCUT2D eigenvalue weighted by molar-refractivity contribution is 8.93. The predicted molar refractivity (Wildman–Crippen MR) is 117 cm³/mol. The molecule has 1 N–H and O–H groups in total. The molecule has 0 spiro atoms. The first-order valence-electron chi connectivity index (χ1n) is 8.68. The number of aryl methyl sites for hydroxylation is 1. The van der Waals surface area contributed by atoms with Gasteiger partial charge in [0.25, 0.3) is 5.56 Å². The van der Waals surface area contributed by atoms with E-state index in [1.807, 2.05) is 61.7 Å². The van der Waals surface area contributed by atoms with E-state index in [1.165, 1.54) is 4.68 Å². The molecule has 0 atom stereocenters. The van der Waals surface area contributed by atoms with Crippen molar-refractivity contribution in [3.8, 4) is 5.75 Å². The van der Waals surface area contributed by atoms with Crippen LogP contribution in [0.5, 0.6) is 5.75 Å². The molecule has 0 saturated carbocycles. The van der Waals surface area contributed by atoms with Gasteiger partial charge in [-0.1, -0.05) is 30.4 Å². The van der Waals surface area contributed by atoms with E-state index >= 15 is 0 Å². The summed E-state index contributed by atoms with van der Waals surface area (Å²) >= 11 is 0. The third kappa shape index (κ3) is 5.28. The first kappa shape index (κ1) is 20.9. The van der Waals surface area contributed by atoms with E-state index in [9.17, 15) is 4.79 Å². The van der Waals surface area contributed by atoms with E-state index in [4.69, 9.17) is 4.74 Å². The molecule has 0 bridgehead atoms. The monoisotopic (exact) mass is 429 g/mol. The van der Waals surface area contributed by atoms with Crippen molar-refractivity contribution in [3.63, 3.8) is 0 Å². The minimum atomic E-state index is -0.0377. The second-order valence-electron chi connectivity index (χ2n) is 6.08. The van der Waals surface area contributed by atoms with Gasteiger partial charge < -0.3 is 10.1 Å². The van der Waals surface area contributed by atoms with E-state index in [0.29, 0.717) is 11.9 Å². The maximum Gasteiger partial charge on any atom is 0.274 e. The number of hydrogen-bond acceptors (Lipinski definition) is 4. The first-order chi connectivity index (χ1) is 12.7. The van der Waals surface area contributed by atoms with Gasteiger partial charge in [-0.25, -0.2) is 4.68 Å². The molecule has 2 aromatic carbocycles. The summed E-state index contributed by atoms with van der Waals surface area (Å²) < 4.78 is 6.70. The third-order valence-electron chi connectivity index (χ3n) is 4.26. The van der Waals surface area contributed by atoms with Gasteiger partial charge in [0.15, 0.2) is 0 Å². The van der Waals surface area contributed by atoms with Gasteiger partial charge in [0.05, 0.1) is 18.7 Å². The number of aromatic nitrogens is 2. The Morgan fingerprint density at radius 1 is 1.11 bits per heavy atom. The van der Waals surface area contributed by atoms with Crippen molar-refractivity contribution >= 4 is 39.9 Å². The van der Waals surface area contributed by atoms with E-state index in [2.05, 4.69) is 10.4 Å². The van der Waals surface area contributed by atoms with Crippen LogP contribution in [0, 0.1) is 0 Å². The second kappa shape index (κ2) is 10.0.